The van der Waals surface area contributed by atoms with Crippen molar-refractivity contribution in [2.24, 2.45) is 5.41 Å². The normalized spacial score (nSPS) is 34.2. The van der Waals surface area contributed by atoms with Gasteiger partial charge >= 0.3 is 12.1 Å². The molecule has 0 spiro atoms. The third-order valence-electron chi connectivity index (χ3n) is 4.35. The van der Waals surface area contributed by atoms with Crippen molar-refractivity contribution in [3.63, 3.8) is 0 Å². The Hall–Kier alpha value is -1.26. The molecule has 2 saturated heterocycles. The lowest BCUT2D eigenvalue weighted by atomic mass is 9.63. The van der Waals surface area contributed by atoms with E-state index in [4.69, 9.17) is 4.74 Å². The lowest BCUT2D eigenvalue weighted by Crippen LogP contribution is -2.67. The van der Waals surface area contributed by atoms with Crippen LogP contribution in [0.3, 0.4) is 0 Å². The second kappa shape index (κ2) is 4.12. The number of carbonyl (C=O) groups is 2. The molecule has 2 aliphatic heterocycles. The molecule has 0 aromatic rings. The summed E-state index contributed by atoms with van der Waals surface area (Å²) in [6.45, 7) is 7.98. The van der Waals surface area contributed by atoms with Crippen LogP contribution in [0.1, 0.15) is 53.4 Å². The van der Waals surface area contributed by atoms with Crippen LogP contribution in [0.15, 0.2) is 0 Å². The summed E-state index contributed by atoms with van der Waals surface area (Å²) in [4.78, 5) is 25.4. The zero-order valence-corrected chi connectivity index (χ0v) is 12.2. The van der Waals surface area contributed by atoms with Crippen molar-refractivity contribution in [1.82, 2.24) is 4.90 Å². The molecule has 0 atom stereocenters. The van der Waals surface area contributed by atoms with Gasteiger partial charge in [-0.25, -0.2) is 9.59 Å². The Bertz CT molecular complexity index is 402. The van der Waals surface area contributed by atoms with Crippen molar-refractivity contribution in [2.45, 2.75) is 64.5 Å². The Morgan fingerprint density at radius 2 is 1.68 bits per heavy atom. The highest BCUT2D eigenvalue weighted by Crippen LogP contribution is 2.50. The molecular formula is C14H23NO4. The Morgan fingerprint density at radius 1 is 1.16 bits per heavy atom. The van der Waals surface area contributed by atoms with Gasteiger partial charge < -0.3 is 9.84 Å². The highest BCUT2D eigenvalue weighted by molar-refractivity contribution is 5.85. The second-order valence-electron chi connectivity index (χ2n) is 7.21. The van der Waals surface area contributed by atoms with Crippen LogP contribution in [0.5, 0.6) is 0 Å². The van der Waals surface area contributed by atoms with Crippen LogP contribution in [0.25, 0.3) is 0 Å². The fourth-order valence-corrected chi connectivity index (χ4v) is 3.11. The first-order valence-corrected chi connectivity index (χ1v) is 6.82. The molecule has 5 heteroatoms. The van der Waals surface area contributed by atoms with Crippen LogP contribution in [-0.2, 0) is 9.53 Å². The first-order chi connectivity index (χ1) is 8.58. The molecule has 5 nitrogen and oxygen atoms in total. The van der Waals surface area contributed by atoms with Crippen LogP contribution in [0, 0.1) is 5.41 Å². The van der Waals surface area contributed by atoms with Crippen LogP contribution >= 0.6 is 0 Å². The maximum absolute atomic E-state index is 12.3. The number of hydrogen-bond acceptors (Lipinski definition) is 3. The topological polar surface area (TPSA) is 66.8 Å². The standard InChI is InChI=1S/C14H23NO4/c1-12(2,3)19-11(18)15-9-13(4)5-7-14(15,8-6-13)10(16)17/h5-9H2,1-4H3,(H,16,17). The van der Waals surface area contributed by atoms with Gasteiger partial charge in [-0.2, -0.15) is 0 Å². The van der Waals surface area contributed by atoms with E-state index in [1.807, 2.05) is 0 Å². The van der Waals surface area contributed by atoms with Crippen molar-refractivity contribution >= 4 is 12.1 Å². The zero-order valence-electron chi connectivity index (χ0n) is 12.2. The Morgan fingerprint density at radius 3 is 2.11 bits per heavy atom. The molecule has 2 heterocycles. The first-order valence-electron chi connectivity index (χ1n) is 6.82. The lowest BCUT2D eigenvalue weighted by Gasteiger charge is -2.56. The van der Waals surface area contributed by atoms with Gasteiger partial charge in [0.25, 0.3) is 0 Å². The summed E-state index contributed by atoms with van der Waals surface area (Å²) < 4.78 is 5.37. The molecule has 0 radical (unpaired) electrons. The number of aliphatic carboxylic acids is 1. The predicted molar refractivity (Wildman–Crippen MR) is 69.9 cm³/mol. The fraction of sp³-hybridized carbons (Fsp3) is 0.857. The minimum atomic E-state index is -1.06. The zero-order chi connectivity index (χ0) is 14.5. The average molecular weight is 269 g/mol. The number of carboxylic acid groups (broad SMARTS) is 1. The quantitative estimate of drug-likeness (QED) is 0.794. The van der Waals surface area contributed by atoms with Crippen LogP contribution in [0.2, 0.25) is 0 Å². The molecule has 0 unspecified atom stereocenters. The van der Waals surface area contributed by atoms with E-state index in [0.717, 1.165) is 12.8 Å². The summed E-state index contributed by atoms with van der Waals surface area (Å²) >= 11 is 0. The smallest absolute Gasteiger partial charge is 0.411 e. The number of carbonyl (C=O) groups excluding carboxylic acids is 1. The minimum absolute atomic E-state index is 0.0358. The van der Waals surface area contributed by atoms with E-state index >= 15 is 0 Å². The monoisotopic (exact) mass is 269 g/mol. The van der Waals surface area contributed by atoms with Gasteiger partial charge in [-0.05, 0) is 51.9 Å². The average Bonchev–Trinajstić information content (AvgIpc) is 2.26. The van der Waals surface area contributed by atoms with Gasteiger partial charge in [0.1, 0.15) is 11.1 Å². The molecule has 19 heavy (non-hydrogen) atoms. The number of ether oxygens (including phenoxy) is 1. The maximum atomic E-state index is 12.3. The minimum Gasteiger partial charge on any atom is -0.479 e. The summed E-state index contributed by atoms with van der Waals surface area (Å²) in [6, 6.07) is 0. The predicted octanol–water partition coefficient (Wildman–Crippen LogP) is 2.64. The summed E-state index contributed by atoms with van der Waals surface area (Å²) in [6.07, 6.45) is 2.27. The van der Waals surface area contributed by atoms with E-state index in [0.29, 0.717) is 19.4 Å². The summed E-state index contributed by atoms with van der Waals surface area (Å²) in [5.74, 6) is -0.903. The molecule has 1 N–H and O–H groups in total. The van der Waals surface area contributed by atoms with Crippen LogP contribution in [-0.4, -0.2) is 39.8 Å². The highest BCUT2D eigenvalue weighted by Gasteiger charge is 2.58. The fourth-order valence-electron chi connectivity index (χ4n) is 3.11. The summed E-state index contributed by atoms with van der Waals surface area (Å²) in [5.41, 5.74) is -1.62. The molecule has 3 aliphatic rings. The van der Waals surface area contributed by atoms with E-state index in [1.165, 1.54) is 4.90 Å². The Kier molecular flexibility index (Phi) is 3.07. The van der Waals surface area contributed by atoms with Gasteiger partial charge in [0.05, 0.1) is 0 Å². The third kappa shape index (κ3) is 2.42. The third-order valence-corrected chi connectivity index (χ3v) is 4.35. The Balaban J connectivity index is 2.27. The lowest BCUT2D eigenvalue weighted by molar-refractivity contribution is -0.165. The SMILES string of the molecule is CC12CCC(C(=O)O)(CC1)N(C(=O)OC(C)(C)C)C2. The molecule has 3 rings (SSSR count). The molecule has 2 bridgehead atoms. The molecule has 1 saturated carbocycles. The first kappa shape index (κ1) is 14.2. The van der Waals surface area contributed by atoms with E-state index < -0.39 is 23.2 Å². The van der Waals surface area contributed by atoms with Crippen molar-refractivity contribution in [3.8, 4) is 0 Å². The number of piperidine rings is 2. The molecule has 0 aromatic carbocycles. The van der Waals surface area contributed by atoms with Crippen molar-refractivity contribution in [2.75, 3.05) is 6.54 Å². The van der Waals surface area contributed by atoms with Gasteiger partial charge in [-0.3, -0.25) is 4.90 Å². The van der Waals surface area contributed by atoms with Crippen molar-refractivity contribution < 1.29 is 19.4 Å². The molecular weight excluding hydrogens is 246 g/mol. The summed E-state index contributed by atoms with van der Waals surface area (Å²) in [5, 5.41) is 9.57. The maximum Gasteiger partial charge on any atom is 0.411 e. The van der Waals surface area contributed by atoms with Crippen molar-refractivity contribution in [1.29, 1.82) is 0 Å². The van der Waals surface area contributed by atoms with Gasteiger partial charge in [-0.1, -0.05) is 6.92 Å². The van der Waals surface area contributed by atoms with Gasteiger partial charge in [0, 0.05) is 6.54 Å². The number of carboxylic acids is 1. The highest BCUT2D eigenvalue weighted by atomic mass is 16.6. The molecule has 108 valence electrons. The molecule has 1 amide bonds. The van der Waals surface area contributed by atoms with E-state index in [9.17, 15) is 14.7 Å². The summed E-state index contributed by atoms with van der Waals surface area (Å²) in [7, 11) is 0. The van der Waals surface area contributed by atoms with Crippen LogP contribution in [0.4, 0.5) is 4.79 Å². The van der Waals surface area contributed by atoms with Gasteiger partial charge in [0.2, 0.25) is 0 Å². The van der Waals surface area contributed by atoms with E-state index in [1.54, 1.807) is 20.8 Å². The van der Waals surface area contributed by atoms with E-state index in [-0.39, 0.29) is 5.41 Å². The van der Waals surface area contributed by atoms with Crippen LogP contribution < -0.4 is 0 Å². The second-order valence-corrected chi connectivity index (χ2v) is 7.21. The Labute approximate surface area is 113 Å². The number of fused-ring (bicyclic) bond motifs is 3. The number of amides is 1. The molecule has 1 aliphatic carbocycles. The van der Waals surface area contributed by atoms with E-state index in [2.05, 4.69) is 6.92 Å². The molecule has 0 aromatic heterocycles. The van der Waals surface area contributed by atoms with Gasteiger partial charge in [-0.15, -0.1) is 0 Å². The number of rotatable bonds is 1. The number of nitrogens with zero attached hydrogens (tertiary/aromatic N) is 1. The largest absolute Gasteiger partial charge is 0.479 e. The number of hydrogen-bond donors (Lipinski definition) is 1. The van der Waals surface area contributed by atoms with Gasteiger partial charge in [0.15, 0.2) is 0 Å². The molecule has 3 fully saturated rings. The van der Waals surface area contributed by atoms with Crippen molar-refractivity contribution in [3.05, 3.63) is 0 Å².